The van der Waals surface area contributed by atoms with Gasteiger partial charge in [-0.3, -0.25) is 0 Å². The average molecular weight is 579 g/mol. The number of alkyl halides is 3. The molecule has 1 fully saturated rings. The molecule has 4 aromatic rings. The summed E-state index contributed by atoms with van der Waals surface area (Å²) in [6.07, 6.45) is 0.994. The van der Waals surface area contributed by atoms with Crippen molar-refractivity contribution >= 4 is 51.9 Å². The lowest BCUT2D eigenvalue weighted by molar-refractivity contribution is -0.0366. The Kier molecular flexibility index (Phi) is 7.90. The zero-order valence-electron chi connectivity index (χ0n) is 19.9. The molecular formula is C27H23Cl2F3N4OS. The smallest absolute Gasteiger partial charge is 0.367 e. The Bertz CT molecular complexity index is 1430. The Hall–Kier alpha value is -2.72. The second kappa shape index (κ2) is 11.2. The zero-order chi connectivity index (χ0) is 26.9. The fraction of sp³-hybridized carbons (Fsp3) is 0.259. The van der Waals surface area contributed by atoms with E-state index in [0.717, 1.165) is 22.1 Å². The number of nitrogens with zero attached hydrogens (tertiary/aromatic N) is 2. The molecule has 1 saturated heterocycles. The van der Waals surface area contributed by atoms with E-state index in [1.165, 1.54) is 4.31 Å². The van der Waals surface area contributed by atoms with Crippen molar-refractivity contribution in [1.29, 1.82) is 0 Å². The minimum atomic E-state index is -4.30. The van der Waals surface area contributed by atoms with Crippen LogP contribution in [0.5, 0.6) is 0 Å². The van der Waals surface area contributed by atoms with Gasteiger partial charge in [-0.15, -0.1) is 0 Å². The average Bonchev–Trinajstić information content (AvgIpc) is 2.87. The van der Waals surface area contributed by atoms with Crippen molar-refractivity contribution in [3.8, 4) is 0 Å². The van der Waals surface area contributed by atoms with Crippen LogP contribution in [0.15, 0.2) is 71.5 Å². The lowest BCUT2D eigenvalue weighted by Crippen LogP contribution is -2.37. The van der Waals surface area contributed by atoms with Crippen LogP contribution in [0.3, 0.4) is 0 Å². The SMILES string of the molecule is O=c1nc(NC2CCN(SC(F)(F)F)CC2)c2cc(C(c3ccc(Cl)cc3)c3ccc(Cl)cc3)ccc2[nH]1. The maximum Gasteiger partial charge on any atom is 0.456 e. The van der Waals surface area contributed by atoms with E-state index >= 15 is 0 Å². The van der Waals surface area contributed by atoms with Crippen molar-refractivity contribution in [2.45, 2.75) is 30.3 Å². The first-order valence-electron chi connectivity index (χ1n) is 12.0. The highest BCUT2D eigenvalue weighted by Gasteiger charge is 2.34. The molecule has 11 heteroatoms. The van der Waals surface area contributed by atoms with E-state index in [4.69, 9.17) is 23.2 Å². The highest BCUT2D eigenvalue weighted by Crippen LogP contribution is 2.37. The molecule has 0 saturated carbocycles. The van der Waals surface area contributed by atoms with Gasteiger partial charge in [0, 0.05) is 52.4 Å². The minimum absolute atomic E-state index is 0.0879. The molecule has 0 amide bonds. The monoisotopic (exact) mass is 578 g/mol. The third-order valence-electron chi connectivity index (χ3n) is 6.52. The first-order chi connectivity index (χ1) is 18.1. The number of hydrogen-bond acceptors (Lipinski definition) is 5. The highest BCUT2D eigenvalue weighted by molar-refractivity contribution is 7.97. The number of rotatable bonds is 6. The summed E-state index contributed by atoms with van der Waals surface area (Å²) in [5, 5.41) is 5.32. The number of aromatic amines is 1. The summed E-state index contributed by atoms with van der Waals surface area (Å²) in [5.74, 6) is 0.273. The van der Waals surface area contributed by atoms with Crippen LogP contribution in [0.4, 0.5) is 19.0 Å². The normalized spacial score (nSPS) is 15.3. The molecule has 38 heavy (non-hydrogen) atoms. The van der Waals surface area contributed by atoms with Gasteiger partial charge >= 0.3 is 11.2 Å². The van der Waals surface area contributed by atoms with Gasteiger partial charge in [-0.05, 0) is 65.9 Å². The first kappa shape index (κ1) is 26.9. The van der Waals surface area contributed by atoms with Crippen molar-refractivity contribution in [3.63, 3.8) is 0 Å². The third-order valence-corrected chi connectivity index (χ3v) is 7.86. The van der Waals surface area contributed by atoms with Crippen LogP contribution in [0.1, 0.15) is 35.4 Å². The Labute approximate surface area is 231 Å². The van der Waals surface area contributed by atoms with E-state index in [1.807, 2.05) is 66.7 Å². The molecule has 198 valence electrons. The Morgan fingerprint density at radius 2 is 1.47 bits per heavy atom. The van der Waals surface area contributed by atoms with E-state index in [0.29, 0.717) is 34.2 Å². The molecule has 5 rings (SSSR count). The zero-order valence-corrected chi connectivity index (χ0v) is 22.3. The van der Waals surface area contributed by atoms with Gasteiger partial charge in [0.25, 0.3) is 0 Å². The van der Waals surface area contributed by atoms with Crippen molar-refractivity contribution in [2.75, 3.05) is 18.4 Å². The Morgan fingerprint density at radius 3 is 2.03 bits per heavy atom. The number of H-pyrrole nitrogens is 1. The fourth-order valence-electron chi connectivity index (χ4n) is 4.78. The highest BCUT2D eigenvalue weighted by atomic mass is 35.5. The molecule has 0 unspecified atom stereocenters. The summed E-state index contributed by atoms with van der Waals surface area (Å²) in [6.45, 7) is 0.562. The quantitative estimate of drug-likeness (QED) is 0.184. The Balaban J connectivity index is 1.49. The van der Waals surface area contributed by atoms with E-state index < -0.39 is 11.2 Å². The van der Waals surface area contributed by atoms with Gasteiger partial charge in [0.05, 0.1) is 5.52 Å². The van der Waals surface area contributed by atoms with Crippen LogP contribution in [0.2, 0.25) is 10.0 Å². The van der Waals surface area contributed by atoms with Gasteiger partial charge in [-0.2, -0.15) is 18.2 Å². The second-order valence-corrected chi connectivity index (χ2v) is 11.2. The van der Waals surface area contributed by atoms with Gasteiger partial charge in [-0.1, -0.05) is 53.5 Å². The predicted octanol–water partition coefficient (Wildman–Crippen LogP) is 7.45. The number of nitrogens with one attached hydrogen (secondary N) is 2. The maximum atomic E-state index is 12.7. The molecule has 1 aromatic heterocycles. The number of hydrogen-bond donors (Lipinski definition) is 2. The predicted molar refractivity (Wildman–Crippen MR) is 148 cm³/mol. The van der Waals surface area contributed by atoms with Crippen LogP contribution in [0.25, 0.3) is 10.9 Å². The molecule has 0 atom stereocenters. The minimum Gasteiger partial charge on any atom is -0.367 e. The third kappa shape index (κ3) is 6.46. The molecule has 0 aliphatic carbocycles. The standard InChI is InChI=1S/C27H23Cl2F3N4OS/c28-19-6-1-16(2-7-19)24(17-3-8-20(29)9-4-17)18-5-10-23-22(15-18)25(35-26(37)34-23)33-21-11-13-36(14-12-21)38-27(30,31)32/h1-10,15,21,24H,11-14H2,(H2,33,34,35,37). The lowest BCUT2D eigenvalue weighted by Gasteiger charge is -2.32. The first-order valence-corrected chi connectivity index (χ1v) is 13.5. The van der Waals surface area contributed by atoms with Gasteiger partial charge in [0.1, 0.15) is 5.82 Å². The lowest BCUT2D eigenvalue weighted by atomic mass is 9.84. The van der Waals surface area contributed by atoms with Gasteiger partial charge < -0.3 is 10.3 Å². The molecule has 0 radical (unpaired) electrons. The molecule has 1 aliphatic heterocycles. The van der Waals surface area contributed by atoms with Crippen molar-refractivity contribution in [1.82, 2.24) is 14.3 Å². The topological polar surface area (TPSA) is 61.0 Å². The second-order valence-electron chi connectivity index (χ2n) is 9.12. The van der Waals surface area contributed by atoms with E-state index in [1.54, 1.807) is 0 Å². The number of fused-ring (bicyclic) bond motifs is 1. The van der Waals surface area contributed by atoms with E-state index in [2.05, 4.69) is 15.3 Å². The molecule has 2 N–H and O–H groups in total. The fourth-order valence-corrected chi connectivity index (χ4v) is 5.72. The van der Waals surface area contributed by atoms with E-state index in [9.17, 15) is 18.0 Å². The van der Waals surface area contributed by atoms with Gasteiger partial charge in [0.2, 0.25) is 0 Å². The number of halogens is 5. The van der Waals surface area contributed by atoms with Crippen LogP contribution < -0.4 is 11.0 Å². The molecule has 5 nitrogen and oxygen atoms in total. The van der Waals surface area contributed by atoms with Crippen LogP contribution in [-0.4, -0.2) is 38.9 Å². The van der Waals surface area contributed by atoms with Gasteiger partial charge in [0.15, 0.2) is 0 Å². The molecule has 3 aromatic carbocycles. The largest absolute Gasteiger partial charge is 0.456 e. The van der Waals surface area contributed by atoms with E-state index in [-0.39, 0.29) is 37.0 Å². The summed E-state index contributed by atoms with van der Waals surface area (Å²) in [7, 11) is 0. The molecule has 0 spiro atoms. The Morgan fingerprint density at radius 1 is 0.921 bits per heavy atom. The van der Waals surface area contributed by atoms with Crippen molar-refractivity contribution in [3.05, 3.63) is 104 Å². The summed E-state index contributed by atoms with van der Waals surface area (Å²) >= 11 is 12.2. The molecule has 2 heterocycles. The van der Waals surface area contributed by atoms with Crippen molar-refractivity contribution < 1.29 is 13.2 Å². The van der Waals surface area contributed by atoms with Crippen molar-refractivity contribution in [2.24, 2.45) is 0 Å². The van der Waals surface area contributed by atoms with Crippen LogP contribution >= 0.6 is 35.1 Å². The summed E-state index contributed by atoms with van der Waals surface area (Å²) in [6, 6.07) is 21.0. The summed E-state index contributed by atoms with van der Waals surface area (Å²) in [5.41, 5.74) is -1.16. The number of anilines is 1. The molecule has 0 bridgehead atoms. The van der Waals surface area contributed by atoms with Crippen LogP contribution in [0, 0.1) is 0 Å². The molecule has 1 aliphatic rings. The molecular weight excluding hydrogens is 556 g/mol. The van der Waals surface area contributed by atoms with Gasteiger partial charge in [-0.25, -0.2) is 9.10 Å². The maximum absolute atomic E-state index is 12.7. The number of aromatic nitrogens is 2. The number of benzene rings is 3. The van der Waals surface area contributed by atoms with Crippen LogP contribution in [-0.2, 0) is 0 Å². The summed E-state index contributed by atoms with van der Waals surface area (Å²) in [4.78, 5) is 19.3. The summed E-state index contributed by atoms with van der Waals surface area (Å²) < 4.78 is 39.5. The number of piperidine rings is 1.